The quantitative estimate of drug-likeness (QED) is 0.574. The molecule has 0 radical (unpaired) electrons. The van der Waals surface area contributed by atoms with Crippen LogP contribution in [0.4, 0.5) is 11.4 Å². The highest BCUT2D eigenvalue weighted by Gasteiger charge is 2.27. The van der Waals surface area contributed by atoms with Crippen LogP contribution in [0, 0.1) is 0 Å². The summed E-state index contributed by atoms with van der Waals surface area (Å²) in [5.41, 5.74) is 3.93. The molecule has 2 aliphatic rings. The van der Waals surface area contributed by atoms with Crippen molar-refractivity contribution in [3.63, 3.8) is 0 Å². The molecule has 1 N–H and O–H groups in total. The van der Waals surface area contributed by atoms with Gasteiger partial charge < -0.3 is 10.1 Å². The van der Waals surface area contributed by atoms with Gasteiger partial charge in [-0.3, -0.25) is 24.3 Å². The van der Waals surface area contributed by atoms with Gasteiger partial charge in [0, 0.05) is 45.0 Å². The van der Waals surface area contributed by atoms with Gasteiger partial charge in [-0.15, -0.1) is 0 Å². The van der Waals surface area contributed by atoms with Crippen LogP contribution in [-0.4, -0.2) is 60.9 Å². The standard InChI is InChI=1S/C28H30N4O3/c33-27(20-32-25-8-4-5-9-26(25)35-21-28(32)34)29-24-12-10-23(11-13-24)19-31-16-14-30(15-17-31)18-22-6-2-1-3-7-22/h1-13H,14-21H2,(H,29,33). The number of nitrogens with one attached hydrogen (secondary N) is 1. The largest absolute Gasteiger partial charge is 0.482 e. The van der Waals surface area contributed by atoms with Gasteiger partial charge in [0.2, 0.25) is 5.91 Å². The number of anilines is 2. The number of carbonyl (C=O) groups is 2. The molecule has 7 nitrogen and oxygen atoms in total. The first-order chi connectivity index (χ1) is 17.1. The molecule has 0 saturated carbocycles. The second-order valence-electron chi connectivity index (χ2n) is 9.02. The summed E-state index contributed by atoms with van der Waals surface area (Å²) in [5.74, 6) is 0.153. The molecule has 0 bridgehead atoms. The van der Waals surface area contributed by atoms with Gasteiger partial charge in [-0.25, -0.2) is 0 Å². The van der Waals surface area contributed by atoms with Crippen molar-refractivity contribution >= 4 is 23.2 Å². The van der Waals surface area contributed by atoms with Crippen LogP contribution in [0.3, 0.4) is 0 Å². The van der Waals surface area contributed by atoms with Gasteiger partial charge in [0.25, 0.3) is 5.91 Å². The third kappa shape index (κ3) is 5.88. The van der Waals surface area contributed by atoms with E-state index in [1.807, 2.05) is 24.3 Å². The van der Waals surface area contributed by atoms with Crippen LogP contribution in [0.5, 0.6) is 5.75 Å². The maximum atomic E-state index is 12.6. The molecular formula is C28H30N4O3. The summed E-state index contributed by atoms with van der Waals surface area (Å²) >= 11 is 0. The van der Waals surface area contributed by atoms with Crippen LogP contribution in [-0.2, 0) is 22.7 Å². The molecule has 1 fully saturated rings. The van der Waals surface area contributed by atoms with E-state index in [0.29, 0.717) is 11.4 Å². The molecule has 3 aromatic rings. The lowest BCUT2D eigenvalue weighted by Gasteiger charge is -2.34. The number of ether oxygens (including phenoxy) is 1. The van der Waals surface area contributed by atoms with E-state index in [-0.39, 0.29) is 25.0 Å². The van der Waals surface area contributed by atoms with E-state index in [2.05, 4.69) is 57.6 Å². The fourth-order valence-corrected chi connectivity index (χ4v) is 4.57. The molecule has 180 valence electrons. The second kappa shape index (κ2) is 10.7. The second-order valence-corrected chi connectivity index (χ2v) is 9.02. The average molecular weight is 471 g/mol. The van der Waals surface area contributed by atoms with E-state index in [0.717, 1.165) is 45.0 Å². The van der Waals surface area contributed by atoms with E-state index >= 15 is 0 Å². The third-order valence-corrected chi connectivity index (χ3v) is 6.47. The van der Waals surface area contributed by atoms with Crippen molar-refractivity contribution in [1.29, 1.82) is 0 Å². The Morgan fingerprint density at radius 2 is 1.37 bits per heavy atom. The molecule has 2 aliphatic heterocycles. The van der Waals surface area contributed by atoms with Gasteiger partial charge in [0.05, 0.1) is 5.69 Å². The topological polar surface area (TPSA) is 65.1 Å². The van der Waals surface area contributed by atoms with Gasteiger partial charge in [-0.05, 0) is 35.4 Å². The minimum absolute atomic E-state index is 0.0474. The number of amides is 2. The summed E-state index contributed by atoms with van der Waals surface area (Å²) in [7, 11) is 0. The van der Waals surface area contributed by atoms with Crippen LogP contribution in [0.2, 0.25) is 0 Å². The molecule has 7 heteroatoms. The third-order valence-electron chi connectivity index (χ3n) is 6.47. The maximum Gasteiger partial charge on any atom is 0.265 e. The summed E-state index contributed by atoms with van der Waals surface area (Å²) in [6, 6.07) is 25.8. The lowest BCUT2D eigenvalue weighted by molar-refractivity contribution is -0.123. The Balaban J connectivity index is 1.10. The number of rotatable bonds is 7. The Morgan fingerprint density at radius 1 is 0.771 bits per heavy atom. The molecular weight excluding hydrogens is 440 g/mol. The highest BCUT2D eigenvalue weighted by atomic mass is 16.5. The highest BCUT2D eigenvalue weighted by molar-refractivity contribution is 6.04. The monoisotopic (exact) mass is 470 g/mol. The van der Waals surface area contributed by atoms with Crippen LogP contribution < -0.4 is 15.0 Å². The molecule has 0 unspecified atom stereocenters. The number of hydrogen-bond donors (Lipinski definition) is 1. The Hall–Kier alpha value is -3.68. The number of carbonyl (C=O) groups excluding carboxylic acids is 2. The van der Waals surface area contributed by atoms with Gasteiger partial charge in [-0.1, -0.05) is 54.6 Å². The van der Waals surface area contributed by atoms with E-state index < -0.39 is 0 Å². The van der Waals surface area contributed by atoms with E-state index in [1.54, 1.807) is 12.1 Å². The fourth-order valence-electron chi connectivity index (χ4n) is 4.57. The fraction of sp³-hybridized carbons (Fsp3) is 0.286. The maximum absolute atomic E-state index is 12.6. The Labute approximate surface area is 205 Å². The van der Waals surface area contributed by atoms with Crippen molar-refractivity contribution in [2.75, 3.05) is 49.5 Å². The van der Waals surface area contributed by atoms with Crippen molar-refractivity contribution in [2.45, 2.75) is 13.1 Å². The Morgan fingerprint density at radius 3 is 2.06 bits per heavy atom. The highest BCUT2D eigenvalue weighted by Crippen LogP contribution is 2.31. The molecule has 3 aromatic carbocycles. The predicted molar refractivity (Wildman–Crippen MR) is 136 cm³/mol. The summed E-state index contributed by atoms with van der Waals surface area (Å²) in [6.45, 7) is 6.00. The minimum Gasteiger partial charge on any atom is -0.482 e. The Kier molecular flexibility index (Phi) is 7.07. The molecule has 0 aliphatic carbocycles. The summed E-state index contributed by atoms with van der Waals surface area (Å²) in [6.07, 6.45) is 0. The number of fused-ring (bicyclic) bond motifs is 1. The van der Waals surface area contributed by atoms with Crippen LogP contribution in [0.1, 0.15) is 11.1 Å². The van der Waals surface area contributed by atoms with E-state index in [4.69, 9.17) is 4.74 Å². The van der Waals surface area contributed by atoms with Crippen molar-refractivity contribution in [3.05, 3.63) is 90.0 Å². The average Bonchev–Trinajstić information content (AvgIpc) is 2.89. The number of piperazine rings is 1. The number of para-hydroxylation sites is 2. The van der Waals surface area contributed by atoms with Gasteiger partial charge in [0.15, 0.2) is 6.61 Å². The zero-order valence-corrected chi connectivity index (χ0v) is 19.7. The van der Waals surface area contributed by atoms with E-state index in [9.17, 15) is 9.59 Å². The van der Waals surface area contributed by atoms with Crippen LogP contribution in [0.25, 0.3) is 0 Å². The molecule has 2 amide bonds. The zero-order valence-electron chi connectivity index (χ0n) is 19.7. The lowest BCUT2D eigenvalue weighted by atomic mass is 10.1. The smallest absolute Gasteiger partial charge is 0.265 e. The van der Waals surface area contributed by atoms with Crippen molar-refractivity contribution in [1.82, 2.24) is 9.80 Å². The number of hydrogen-bond acceptors (Lipinski definition) is 5. The minimum atomic E-state index is -0.239. The number of nitrogens with zero attached hydrogens (tertiary/aromatic N) is 3. The van der Waals surface area contributed by atoms with Gasteiger partial charge >= 0.3 is 0 Å². The Bertz CT molecular complexity index is 1160. The molecule has 35 heavy (non-hydrogen) atoms. The summed E-state index contributed by atoms with van der Waals surface area (Å²) < 4.78 is 5.44. The zero-order chi connectivity index (χ0) is 24.0. The van der Waals surface area contributed by atoms with Crippen LogP contribution >= 0.6 is 0 Å². The molecule has 5 rings (SSSR count). The molecule has 0 aromatic heterocycles. The summed E-state index contributed by atoms with van der Waals surface area (Å²) in [5, 5.41) is 2.91. The van der Waals surface area contributed by atoms with Gasteiger partial charge in [-0.2, -0.15) is 0 Å². The van der Waals surface area contributed by atoms with E-state index in [1.165, 1.54) is 16.0 Å². The first-order valence-corrected chi connectivity index (χ1v) is 12.0. The summed E-state index contributed by atoms with van der Waals surface area (Å²) in [4.78, 5) is 31.4. The van der Waals surface area contributed by atoms with Gasteiger partial charge in [0.1, 0.15) is 12.3 Å². The lowest BCUT2D eigenvalue weighted by Crippen LogP contribution is -2.45. The van der Waals surface area contributed by atoms with Crippen molar-refractivity contribution < 1.29 is 14.3 Å². The molecule has 0 atom stereocenters. The normalized spacial score (nSPS) is 16.5. The molecule has 1 saturated heterocycles. The van der Waals surface area contributed by atoms with Crippen molar-refractivity contribution in [2.24, 2.45) is 0 Å². The molecule has 2 heterocycles. The van der Waals surface area contributed by atoms with Crippen LogP contribution in [0.15, 0.2) is 78.9 Å². The predicted octanol–water partition coefficient (Wildman–Crippen LogP) is 3.37. The van der Waals surface area contributed by atoms with Crippen molar-refractivity contribution in [3.8, 4) is 5.75 Å². The first kappa shape index (κ1) is 23.1. The SMILES string of the molecule is O=C(CN1C(=O)COc2ccccc21)Nc1ccc(CN2CCN(Cc3ccccc3)CC2)cc1. The molecule has 0 spiro atoms. The first-order valence-electron chi connectivity index (χ1n) is 12.0. The number of benzene rings is 3.